The SMILES string of the molecule is COC(=O)C(NC(=O)c1nn(CC2CCOCC2)c2ncccc12)C(C)(C)C. The standard InChI is InChI=1S/C20H28N4O4/c1-20(2,3)16(19(26)27-4)22-18(25)15-14-6-5-9-21-17(14)24(23-15)12-13-7-10-28-11-8-13/h5-6,9,13,16H,7-8,10-12H2,1-4H3,(H,22,25). The van der Waals surface area contributed by atoms with E-state index in [-0.39, 0.29) is 5.69 Å². The van der Waals surface area contributed by atoms with Crippen molar-refractivity contribution in [3.05, 3.63) is 24.0 Å². The first kappa shape index (κ1) is 20.3. The second-order valence-corrected chi connectivity index (χ2v) is 8.26. The lowest BCUT2D eigenvalue weighted by Gasteiger charge is -2.28. The number of nitrogens with zero attached hydrogens (tertiary/aromatic N) is 3. The largest absolute Gasteiger partial charge is 0.467 e. The quantitative estimate of drug-likeness (QED) is 0.789. The second kappa shape index (κ2) is 8.26. The summed E-state index contributed by atoms with van der Waals surface area (Å²) in [7, 11) is 1.31. The van der Waals surface area contributed by atoms with Gasteiger partial charge in [0.15, 0.2) is 11.3 Å². The van der Waals surface area contributed by atoms with Gasteiger partial charge in [-0.3, -0.25) is 4.79 Å². The van der Waals surface area contributed by atoms with E-state index >= 15 is 0 Å². The van der Waals surface area contributed by atoms with Crippen LogP contribution in [0.5, 0.6) is 0 Å². The van der Waals surface area contributed by atoms with Crippen LogP contribution in [0.1, 0.15) is 44.1 Å². The van der Waals surface area contributed by atoms with Crippen molar-refractivity contribution in [2.24, 2.45) is 11.3 Å². The van der Waals surface area contributed by atoms with E-state index in [0.717, 1.165) is 26.1 Å². The molecule has 1 aliphatic rings. The fourth-order valence-corrected chi connectivity index (χ4v) is 3.42. The number of ether oxygens (including phenoxy) is 2. The Morgan fingerprint density at radius 3 is 2.71 bits per heavy atom. The Hall–Kier alpha value is -2.48. The van der Waals surface area contributed by atoms with Gasteiger partial charge < -0.3 is 14.8 Å². The molecule has 2 aromatic heterocycles. The molecule has 152 valence electrons. The normalized spacial score (nSPS) is 16.7. The number of methoxy groups -OCH3 is 1. The molecule has 8 heteroatoms. The van der Waals surface area contributed by atoms with Crippen molar-refractivity contribution in [3.8, 4) is 0 Å². The van der Waals surface area contributed by atoms with Crippen LogP contribution in [0.3, 0.4) is 0 Å². The molecule has 0 spiro atoms. The van der Waals surface area contributed by atoms with Gasteiger partial charge in [0.05, 0.1) is 12.5 Å². The monoisotopic (exact) mass is 388 g/mol. The fourth-order valence-electron chi connectivity index (χ4n) is 3.42. The first-order valence-electron chi connectivity index (χ1n) is 9.59. The highest BCUT2D eigenvalue weighted by Gasteiger charge is 2.35. The predicted octanol–water partition coefficient (Wildman–Crippen LogP) is 2.18. The minimum absolute atomic E-state index is 0.272. The third-order valence-electron chi connectivity index (χ3n) is 5.07. The lowest BCUT2D eigenvalue weighted by molar-refractivity contribution is -0.145. The van der Waals surface area contributed by atoms with Crippen molar-refractivity contribution in [3.63, 3.8) is 0 Å². The molecule has 1 N–H and O–H groups in total. The Bertz CT molecular complexity index is 849. The first-order chi connectivity index (χ1) is 13.3. The van der Waals surface area contributed by atoms with Crippen LogP contribution in [0.2, 0.25) is 0 Å². The number of rotatable bonds is 5. The van der Waals surface area contributed by atoms with Gasteiger partial charge in [0.25, 0.3) is 5.91 Å². The van der Waals surface area contributed by atoms with E-state index in [1.54, 1.807) is 16.9 Å². The Balaban J connectivity index is 1.89. The Labute approximate surface area is 164 Å². The van der Waals surface area contributed by atoms with Crippen molar-refractivity contribution in [2.45, 2.75) is 46.2 Å². The Morgan fingerprint density at radius 2 is 2.07 bits per heavy atom. The van der Waals surface area contributed by atoms with Gasteiger partial charge in [-0.1, -0.05) is 20.8 Å². The number of pyridine rings is 1. The first-order valence-corrected chi connectivity index (χ1v) is 9.59. The van der Waals surface area contributed by atoms with Crippen LogP contribution < -0.4 is 5.32 Å². The van der Waals surface area contributed by atoms with Gasteiger partial charge in [0.2, 0.25) is 0 Å². The average molecular weight is 388 g/mol. The highest BCUT2D eigenvalue weighted by atomic mass is 16.5. The van der Waals surface area contributed by atoms with Gasteiger partial charge in [0, 0.05) is 26.0 Å². The van der Waals surface area contributed by atoms with Crippen molar-refractivity contribution in [1.82, 2.24) is 20.1 Å². The topological polar surface area (TPSA) is 95.3 Å². The van der Waals surface area contributed by atoms with Crippen LogP contribution in [-0.4, -0.2) is 53.0 Å². The summed E-state index contributed by atoms with van der Waals surface area (Å²) in [5.41, 5.74) is 0.444. The molecule has 0 radical (unpaired) electrons. The fraction of sp³-hybridized carbons (Fsp3) is 0.600. The molecule has 1 aliphatic heterocycles. The summed E-state index contributed by atoms with van der Waals surface area (Å²) in [4.78, 5) is 29.6. The number of esters is 1. The van der Waals surface area contributed by atoms with E-state index in [4.69, 9.17) is 9.47 Å². The van der Waals surface area contributed by atoms with Gasteiger partial charge in [-0.2, -0.15) is 5.10 Å². The smallest absolute Gasteiger partial charge is 0.328 e. The molecule has 1 atom stereocenters. The molecule has 1 saturated heterocycles. The van der Waals surface area contributed by atoms with Gasteiger partial charge >= 0.3 is 5.97 Å². The minimum atomic E-state index is -0.780. The lowest BCUT2D eigenvalue weighted by atomic mass is 9.86. The van der Waals surface area contributed by atoms with E-state index in [1.807, 2.05) is 26.8 Å². The van der Waals surface area contributed by atoms with E-state index in [9.17, 15) is 9.59 Å². The zero-order chi connectivity index (χ0) is 20.3. The van der Waals surface area contributed by atoms with Gasteiger partial charge in [0.1, 0.15) is 6.04 Å². The number of carbonyl (C=O) groups excluding carboxylic acids is 2. The summed E-state index contributed by atoms with van der Waals surface area (Å²) in [6, 6.07) is 2.83. The predicted molar refractivity (Wildman–Crippen MR) is 104 cm³/mol. The van der Waals surface area contributed by atoms with E-state index in [1.165, 1.54) is 7.11 Å². The molecule has 1 unspecified atom stereocenters. The third-order valence-corrected chi connectivity index (χ3v) is 5.07. The highest BCUT2D eigenvalue weighted by Crippen LogP contribution is 2.24. The zero-order valence-corrected chi connectivity index (χ0v) is 16.9. The lowest BCUT2D eigenvalue weighted by Crippen LogP contribution is -2.49. The number of fused-ring (bicyclic) bond motifs is 1. The molecule has 1 amide bonds. The highest BCUT2D eigenvalue weighted by molar-refractivity contribution is 6.05. The molecule has 2 aromatic rings. The van der Waals surface area contributed by atoms with Crippen LogP contribution in [-0.2, 0) is 20.8 Å². The number of carbonyl (C=O) groups is 2. The summed E-state index contributed by atoms with van der Waals surface area (Å²) in [6.07, 6.45) is 3.62. The average Bonchev–Trinajstić information content (AvgIpc) is 3.04. The maximum absolute atomic E-state index is 13.0. The third kappa shape index (κ3) is 4.32. The van der Waals surface area contributed by atoms with Gasteiger partial charge in [-0.15, -0.1) is 0 Å². The molecule has 0 aliphatic carbocycles. The second-order valence-electron chi connectivity index (χ2n) is 8.26. The van der Waals surface area contributed by atoms with Crippen LogP contribution in [0.4, 0.5) is 0 Å². The van der Waals surface area contributed by atoms with E-state index in [2.05, 4.69) is 15.4 Å². The molecule has 0 saturated carbocycles. The Kier molecular flexibility index (Phi) is 5.98. The minimum Gasteiger partial charge on any atom is -0.467 e. The molecular formula is C20H28N4O4. The number of amides is 1. The molecule has 0 aromatic carbocycles. The number of hydrogen-bond acceptors (Lipinski definition) is 6. The molecular weight excluding hydrogens is 360 g/mol. The maximum Gasteiger partial charge on any atom is 0.328 e. The summed E-state index contributed by atoms with van der Waals surface area (Å²) in [5, 5.41) is 8.02. The van der Waals surface area contributed by atoms with Crippen LogP contribution in [0, 0.1) is 11.3 Å². The summed E-state index contributed by atoms with van der Waals surface area (Å²) in [5.74, 6) is -0.453. The molecule has 3 heterocycles. The number of hydrogen-bond donors (Lipinski definition) is 1. The van der Waals surface area contributed by atoms with E-state index in [0.29, 0.717) is 23.5 Å². The zero-order valence-electron chi connectivity index (χ0n) is 16.9. The van der Waals surface area contributed by atoms with Crippen molar-refractivity contribution < 1.29 is 19.1 Å². The Morgan fingerprint density at radius 1 is 1.36 bits per heavy atom. The summed E-state index contributed by atoms with van der Waals surface area (Å²) >= 11 is 0. The molecule has 8 nitrogen and oxygen atoms in total. The van der Waals surface area contributed by atoms with Crippen LogP contribution in [0.25, 0.3) is 11.0 Å². The van der Waals surface area contributed by atoms with Crippen LogP contribution >= 0.6 is 0 Å². The van der Waals surface area contributed by atoms with Crippen LogP contribution in [0.15, 0.2) is 18.3 Å². The van der Waals surface area contributed by atoms with E-state index < -0.39 is 23.3 Å². The number of aromatic nitrogens is 3. The summed E-state index contributed by atoms with van der Waals surface area (Å²) in [6.45, 7) is 7.80. The van der Waals surface area contributed by atoms with Gasteiger partial charge in [-0.25, -0.2) is 14.5 Å². The molecule has 0 bridgehead atoms. The maximum atomic E-state index is 13.0. The van der Waals surface area contributed by atoms with Gasteiger partial charge in [-0.05, 0) is 36.3 Å². The summed E-state index contributed by atoms with van der Waals surface area (Å²) < 4.78 is 12.1. The van der Waals surface area contributed by atoms with Crippen molar-refractivity contribution in [2.75, 3.05) is 20.3 Å². The molecule has 28 heavy (non-hydrogen) atoms. The van der Waals surface area contributed by atoms with Crippen molar-refractivity contribution in [1.29, 1.82) is 0 Å². The molecule has 1 fully saturated rings. The van der Waals surface area contributed by atoms with Crippen molar-refractivity contribution >= 4 is 22.9 Å². The number of nitrogens with one attached hydrogen (secondary N) is 1. The molecule has 3 rings (SSSR count).